The Balaban J connectivity index is 2.09. The molecule has 0 radical (unpaired) electrons. The zero-order valence-electron chi connectivity index (χ0n) is 9.50. The maximum absolute atomic E-state index is 11.3. The Hall–Kier alpha value is -0.770. The molecule has 0 aromatic heterocycles. The van der Waals surface area contributed by atoms with Crippen LogP contribution in [0.25, 0.3) is 0 Å². The second-order valence-electron chi connectivity index (χ2n) is 4.25. The predicted octanol–water partition coefficient (Wildman–Crippen LogP) is 1.78. The van der Waals surface area contributed by atoms with Crippen LogP contribution in [0.3, 0.4) is 0 Å². The highest BCUT2D eigenvalue weighted by Crippen LogP contribution is 2.16. The molecule has 0 heterocycles. The minimum absolute atomic E-state index is 0.263. The van der Waals surface area contributed by atoms with Gasteiger partial charge in [0.25, 0.3) is 0 Å². The van der Waals surface area contributed by atoms with Crippen molar-refractivity contribution in [2.24, 2.45) is 5.73 Å². The molecule has 1 aliphatic carbocycles. The molecule has 0 aromatic rings. The van der Waals surface area contributed by atoms with Gasteiger partial charge < -0.3 is 15.8 Å². The van der Waals surface area contributed by atoms with Gasteiger partial charge in [-0.1, -0.05) is 13.3 Å². The van der Waals surface area contributed by atoms with E-state index in [-0.39, 0.29) is 12.1 Å². The highest BCUT2D eigenvalue weighted by Gasteiger charge is 2.20. The quantitative estimate of drug-likeness (QED) is 0.701. The number of nitrogens with one attached hydrogen (secondary N) is 1. The van der Waals surface area contributed by atoms with E-state index in [1.54, 1.807) is 0 Å². The highest BCUT2D eigenvalue weighted by molar-refractivity contribution is 5.67. The molecule has 4 nitrogen and oxygen atoms in total. The molecule has 1 amide bonds. The summed E-state index contributed by atoms with van der Waals surface area (Å²) < 4.78 is 5.03. The average Bonchev–Trinajstić information content (AvgIpc) is 2.22. The second kappa shape index (κ2) is 6.67. The van der Waals surface area contributed by atoms with Gasteiger partial charge in [0.15, 0.2) is 0 Å². The van der Waals surface area contributed by atoms with Crippen molar-refractivity contribution in [2.45, 2.75) is 57.5 Å². The Morgan fingerprint density at radius 1 is 1.40 bits per heavy atom. The van der Waals surface area contributed by atoms with Gasteiger partial charge in [-0.3, -0.25) is 0 Å². The number of unbranched alkanes of at least 4 members (excludes halogenated alkanes) is 1. The van der Waals surface area contributed by atoms with Crippen molar-refractivity contribution in [3.8, 4) is 0 Å². The molecular weight excluding hydrogens is 192 g/mol. The van der Waals surface area contributed by atoms with E-state index < -0.39 is 0 Å². The molecular formula is C11H22N2O2. The predicted molar refractivity (Wildman–Crippen MR) is 59.6 cm³/mol. The normalized spacial score (nSPS) is 26.0. The molecule has 3 N–H and O–H groups in total. The van der Waals surface area contributed by atoms with Gasteiger partial charge in [-0.2, -0.15) is 0 Å². The molecule has 15 heavy (non-hydrogen) atoms. The number of hydrogen-bond donors (Lipinski definition) is 2. The second-order valence-corrected chi connectivity index (χ2v) is 4.25. The molecule has 1 aliphatic rings. The van der Waals surface area contributed by atoms with Crippen LogP contribution in [0.2, 0.25) is 0 Å². The molecule has 0 unspecified atom stereocenters. The van der Waals surface area contributed by atoms with Crippen LogP contribution in [0, 0.1) is 0 Å². The van der Waals surface area contributed by atoms with Crippen molar-refractivity contribution in [3.05, 3.63) is 0 Å². The van der Waals surface area contributed by atoms with Crippen LogP contribution in [0.4, 0.5) is 4.79 Å². The van der Waals surface area contributed by atoms with Gasteiger partial charge >= 0.3 is 6.09 Å². The summed E-state index contributed by atoms with van der Waals surface area (Å²) in [6.45, 7) is 2.60. The van der Waals surface area contributed by atoms with Gasteiger partial charge in [0.2, 0.25) is 0 Å². The summed E-state index contributed by atoms with van der Waals surface area (Å²) in [4.78, 5) is 11.3. The van der Waals surface area contributed by atoms with Crippen LogP contribution >= 0.6 is 0 Å². The Labute approximate surface area is 91.5 Å². The molecule has 0 aromatic carbocycles. The standard InChI is InChI=1S/C11H22N2O2/c1-2-3-8-15-11(14)13-10-6-4-9(12)5-7-10/h9-10H,2-8,12H2,1H3,(H,13,14)/t9-,10-. The summed E-state index contributed by atoms with van der Waals surface area (Å²) in [6, 6.07) is 0.582. The number of nitrogens with two attached hydrogens (primary N) is 1. The molecule has 1 fully saturated rings. The van der Waals surface area contributed by atoms with E-state index in [9.17, 15) is 4.79 Å². The summed E-state index contributed by atoms with van der Waals surface area (Å²) in [7, 11) is 0. The minimum Gasteiger partial charge on any atom is -0.450 e. The fraction of sp³-hybridized carbons (Fsp3) is 0.909. The Morgan fingerprint density at radius 3 is 2.67 bits per heavy atom. The molecule has 88 valence electrons. The third-order valence-corrected chi connectivity index (χ3v) is 2.82. The largest absolute Gasteiger partial charge is 0.450 e. The summed E-state index contributed by atoms with van der Waals surface area (Å²) in [5.74, 6) is 0. The van der Waals surface area contributed by atoms with E-state index in [1.165, 1.54) is 0 Å². The number of amides is 1. The van der Waals surface area contributed by atoms with E-state index >= 15 is 0 Å². The number of carbonyl (C=O) groups is 1. The lowest BCUT2D eigenvalue weighted by Crippen LogP contribution is -2.40. The maximum Gasteiger partial charge on any atom is 0.407 e. The van der Waals surface area contributed by atoms with Crippen LogP contribution < -0.4 is 11.1 Å². The number of carbonyl (C=O) groups excluding carboxylic acids is 1. The topological polar surface area (TPSA) is 64.3 Å². The summed E-state index contributed by atoms with van der Waals surface area (Å²) in [6.07, 6.45) is 5.66. The monoisotopic (exact) mass is 214 g/mol. The molecule has 0 bridgehead atoms. The Morgan fingerprint density at radius 2 is 2.07 bits per heavy atom. The van der Waals surface area contributed by atoms with Gasteiger partial charge in [0.05, 0.1) is 6.61 Å². The van der Waals surface area contributed by atoms with Gasteiger partial charge in [0, 0.05) is 12.1 Å². The Kier molecular flexibility index (Phi) is 5.47. The lowest BCUT2D eigenvalue weighted by atomic mass is 9.92. The molecule has 4 heteroatoms. The van der Waals surface area contributed by atoms with Gasteiger partial charge in [-0.05, 0) is 32.1 Å². The van der Waals surface area contributed by atoms with Crippen LogP contribution in [-0.4, -0.2) is 24.8 Å². The van der Waals surface area contributed by atoms with Crippen LogP contribution in [0.5, 0.6) is 0 Å². The van der Waals surface area contributed by atoms with Crippen molar-refractivity contribution < 1.29 is 9.53 Å². The SMILES string of the molecule is CCCCOC(=O)N[C@H]1CC[C@H](N)CC1. The van der Waals surface area contributed by atoms with E-state index in [2.05, 4.69) is 12.2 Å². The lowest BCUT2D eigenvalue weighted by Gasteiger charge is -2.26. The first-order valence-corrected chi connectivity index (χ1v) is 5.91. The van der Waals surface area contributed by atoms with E-state index in [1.807, 2.05) is 0 Å². The van der Waals surface area contributed by atoms with E-state index in [4.69, 9.17) is 10.5 Å². The summed E-state index contributed by atoms with van der Waals surface area (Å²) in [5, 5.41) is 2.88. The molecule has 0 spiro atoms. The van der Waals surface area contributed by atoms with Crippen LogP contribution in [0.1, 0.15) is 45.4 Å². The Bertz CT molecular complexity index is 189. The third-order valence-electron chi connectivity index (χ3n) is 2.82. The fourth-order valence-corrected chi connectivity index (χ4v) is 1.78. The fourth-order valence-electron chi connectivity index (χ4n) is 1.78. The average molecular weight is 214 g/mol. The zero-order chi connectivity index (χ0) is 11.1. The smallest absolute Gasteiger partial charge is 0.407 e. The van der Waals surface area contributed by atoms with Crippen molar-refractivity contribution in [1.29, 1.82) is 0 Å². The zero-order valence-corrected chi connectivity index (χ0v) is 9.50. The first kappa shape index (κ1) is 12.3. The van der Waals surface area contributed by atoms with Crippen molar-refractivity contribution in [3.63, 3.8) is 0 Å². The number of ether oxygens (including phenoxy) is 1. The number of hydrogen-bond acceptors (Lipinski definition) is 3. The molecule has 0 saturated heterocycles. The minimum atomic E-state index is -0.274. The maximum atomic E-state index is 11.3. The van der Waals surface area contributed by atoms with E-state index in [0.717, 1.165) is 38.5 Å². The molecule has 0 atom stereocenters. The summed E-state index contributed by atoms with van der Waals surface area (Å²) >= 11 is 0. The van der Waals surface area contributed by atoms with Gasteiger partial charge in [-0.15, -0.1) is 0 Å². The number of alkyl carbamates (subject to hydrolysis) is 1. The van der Waals surface area contributed by atoms with Gasteiger partial charge in [0.1, 0.15) is 0 Å². The third kappa shape index (κ3) is 5.02. The van der Waals surface area contributed by atoms with E-state index in [0.29, 0.717) is 12.6 Å². The van der Waals surface area contributed by atoms with Crippen LogP contribution in [0.15, 0.2) is 0 Å². The van der Waals surface area contributed by atoms with Crippen LogP contribution in [-0.2, 0) is 4.74 Å². The molecule has 1 rings (SSSR count). The van der Waals surface area contributed by atoms with Crippen molar-refractivity contribution in [2.75, 3.05) is 6.61 Å². The number of rotatable bonds is 4. The molecule has 1 saturated carbocycles. The first-order valence-electron chi connectivity index (χ1n) is 5.91. The highest BCUT2D eigenvalue weighted by atomic mass is 16.5. The lowest BCUT2D eigenvalue weighted by molar-refractivity contribution is 0.137. The van der Waals surface area contributed by atoms with Crippen molar-refractivity contribution >= 4 is 6.09 Å². The summed E-state index contributed by atoms with van der Waals surface area (Å²) in [5.41, 5.74) is 5.78. The van der Waals surface area contributed by atoms with Gasteiger partial charge in [-0.25, -0.2) is 4.79 Å². The first-order chi connectivity index (χ1) is 7.22. The van der Waals surface area contributed by atoms with Crippen molar-refractivity contribution in [1.82, 2.24) is 5.32 Å². The molecule has 0 aliphatic heterocycles.